The Labute approximate surface area is 136 Å². The first-order chi connectivity index (χ1) is 11.4. The van der Waals surface area contributed by atoms with Crippen molar-refractivity contribution in [2.45, 2.75) is 12.6 Å². The maximum atomic E-state index is 12.8. The molecule has 0 unspecified atom stereocenters. The molecule has 0 atom stereocenters. The van der Waals surface area contributed by atoms with Crippen molar-refractivity contribution >= 4 is 23.4 Å². The Morgan fingerprint density at radius 1 is 1.08 bits per heavy atom. The van der Waals surface area contributed by atoms with Gasteiger partial charge in [0.25, 0.3) is 0 Å². The van der Waals surface area contributed by atoms with Gasteiger partial charge in [0.2, 0.25) is 0 Å². The van der Waals surface area contributed by atoms with Crippen molar-refractivity contribution in [3.63, 3.8) is 0 Å². The number of hydrogen-bond acceptors (Lipinski definition) is 3. The van der Waals surface area contributed by atoms with E-state index in [4.69, 9.17) is 4.74 Å². The van der Waals surface area contributed by atoms with Gasteiger partial charge >= 0.3 is 12.1 Å². The number of para-hydroxylation sites is 1. The SMILES string of the molecule is O=C1OCCC1=Cc1ccccc1Nc1cccc(C(F)(F)F)c1. The lowest BCUT2D eigenvalue weighted by molar-refractivity contribution is -0.137. The quantitative estimate of drug-likeness (QED) is 0.649. The Bertz CT molecular complexity index is 797. The molecule has 0 saturated carbocycles. The maximum absolute atomic E-state index is 12.8. The molecule has 2 aromatic carbocycles. The van der Waals surface area contributed by atoms with Crippen molar-refractivity contribution in [1.29, 1.82) is 0 Å². The van der Waals surface area contributed by atoms with Gasteiger partial charge in [0.05, 0.1) is 12.2 Å². The van der Waals surface area contributed by atoms with E-state index in [1.54, 1.807) is 36.4 Å². The van der Waals surface area contributed by atoms with Crippen molar-refractivity contribution in [3.05, 3.63) is 65.2 Å². The predicted molar refractivity (Wildman–Crippen MR) is 84.7 cm³/mol. The normalized spacial score (nSPS) is 16.3. The number of carbonyl (C=O) groups is 1. The van der Waals surface area contributed by atoms with E-state index in [-0.39, 0.29) is 5.97 Å². The summed E-state index contributed by atoms with van der Waals surface area (Å²) in [5, 5.41) is 2.98. The average molecular weight is 333 g/mol. The Kier molecular flexibility index (Phi) is 4.29. The van der Waals surface area contributed by atoms with E-state index < -0.39 is 11.7 Å². The van der Waals surface area contributed by atoms with E-state index in [9.17, 15) is 18.0 Å². The van der Waals surface area contributed by atoms with E-state index >= 15 is 0 Å². The van der Waals surface area contributed by atoms with Gasteiger partial charge in [0.15, 0.2) is 0 Å². The molecule has 24 heavy (non-hydrogen) atoms. The first kappa shape index (κ1) is 16.1. The standard InChI is InChI=1S/C18H14F3NO2/c19-18(20,21)14-5-3-6-15(11-14)22-16-7-2-1-4-12(16)10-13-8-9-24-17(13)23/h1-7,10-11,22H,8-9H2. The summed E-state index contributed by atoms with van der Waals surface area (Å²) < 4.78 is 43.3. The van der Waals surface area contributed by atoms with Gasteiger partial charge in [-0.15, -0.1) is 0 Å². The van der Waals surface area contributed by atoms with Crippen LogP contribution < -0.4 is 5.32 Å². The van der Waals surface area contributed by atoms with Gasteiger partial charge in [-0.2, -0.15) is 13.2 Å². The summed E-state index contributed by atoms with van der Waals surface area (Å²) in [6.45, 7) is 0.355. The number of ether oxygens (including phenoxy) is 1. The van der Waals surface area contributed by atoms with Crippen LogP contribution in [0.25, 0.3) is 6.08 Å². The summed E-state index contributed by atoms with van der Waals surface area (Å²) in [5.74, 6) is -0.358. The highest BCUT2D eigenvalue weighted by Gasteiger charge is 2.30. The van der Waals surface area contributed by atoms with Gasteiger partial charge in [-0.3, -0.25) is 0 Å². The summed E-state index contributed by atoms with van der Waals surface area (Å²) in [7, 11) is 0. The van der Waals surface area contributed by atoms with Crippen LogP contribution in [0.15, 0.2) is 54.1 Å². The molecule has 0 aliphatic carbocycles. The van der Waals surface area contributed by atoms with Crippen LogP contribution >= 0.6 is 0 Å². The minimum absolute atomic E-state index is 0.324. The lowest BCUT2D eigenvalue weighted by atomic mass is 10.1. The van der Waals surface area contributed by atoms with E-state index in [0.29, 0.717) is 35.5 Å². The molecular weight excluding hydrogens is 319 g/mol. The number of esters is 1. The molecule has 0 aromatic heterocycles. The number of cyclic esters (lactones) is 1. The third-order valence-electron chi connectivity index (χ3n) is 3.63. The van der Waals surface area contributed by atoms with Gasteiger partial charge in [-0.05, 0) is 35.9 Å². The van der Waals surface area contributed by atoms with Crippen molar-refractivity contribution in [3.8, 4) is 0 Å². The minimum atomic E-state index is -4.40. The van der Waals surface area contributed by atoms with Gasteiger partial charge in [0.1, 0.15) is 0 Å². The number of rotatable bonds is 3. The fourth-order valence-electron chi connectivity index (χ4n) is 2.43. The highest BCUT2D eigenvalue weighted by Crippen LogP contribution is 2.32. The first-order valence-electron chi connectivity index (χ1n) is 7.34. The smallest absolute Gasteiger partial charge is 0.416 e. The largest absolute Gasteiger partial charge is 0.462 e. The Balaban J connectivity index is 1.90. The van der Waals surface area contributed by atoms with Crippen LogP contribution in [-0.4, -0.2) is 12.6 Å². The topological polar surface area (TPSA) is 38.3 Å². The van der Waals surface area contributed by atoms with Crippen LogP contribution in [0, 0.1) is 0 Å². The van der Waals surface area contributed by atoms with Gasteiger partial charge in [-0.25, -0.2) is 4.79 Å². The maximum Gasteiger partial charge on any atom is 0.416 e. The van der Waals surface area contributed by atoms with Crippen LogP contribution in [0.2, 0.25) is 0 Å². The molecule has 1 aliphatic rings. The van der Waals surface area contributed by atoms with Crippen LogP contribution in [0.5, 0.6) is 0 Å². The highest BCUT2D eigenvalue weighted by molar-refractivity contribution is 5.96. The van der Waals surface area contributed by atoms with E-state index in [2.05, 4.69) is 5.32 Å². The molecule has 1 heterocycles. The third-order valence-corrected chi connectivity index (χ3v) is 3.63. The molecule has 3 nitrogen and oxygen atoms in total. The van der Waals surface area contributed by atoms with Crippen LogP contribution in [0.3, 0.4) is 0 Å². The Hall–Kier alpha value is -2.76. The number of benzene rings is 2. The number of nitrogens with one attached hydrogen (secondary N) is 1. The zero-order chi connectivity index (χ0) is 17.2. The summed E-state index contributed by atoms with van der Waals surface area (Å²) >= 11 is 0. The van der Waals surface area contributed by atoms with E-state index in [1.165, 1.54) is 6.07 Å². The molecule has 2 aromatic rings. The van der Waals surface area contributed by atoms with E-state index in [0.717, 1.165) is 12.1 Å². The Morgan fingerprint density at radius 2 is 1.88 bits per heavy atom. The van der Waals surface area contributed by atoms with Crippen LogP contribution in [0.1, 0.15) is 17.5 Å². The van der Waals surface area contributed by atoms with Crippen molar-refractivity contribution in [1.82, 2.24) is 0 Å². The van der Waals surface area contributed by atoms with Crippen molar-refractivity contribution in [2.75, 3.05) is 11.9 Å². The molecule has 0 spiro atoms. The molecule has 0 bridgehead atoms. The third kappa shape index (κ3) is 3.59. The molecule has 124 valence electrons. The lowest BCUT2D eigenvalue weighted by Gasteiger charge is -2.12. The molecule has 6 heteroatoms. The fraction of sp³-hybridized carbons (Fsp3) is 0.167. The molecule has 1 aliphatic heterocycles. The molecule has 0 amide bonds. The molecular formula is C18H14F3NO2. The van der Waals surface area contributed by atoms with Crippen LogP contribution in [-0.2, 0) is 15.7 Å². The zero-order valence-corrected chi connectivity index (χ0v) is 12.6. The van der Waals surface area contributed by atoms with Crippen molar-refractivity contribution in [2.24, 2.45) is 0 Å². The second-order valence-corrected chi connectivity index (χ2v) is 5.35. The summed E-state index contributed by atoms with van der Waals surface area (Å²) in [6.07, 6.45) is -2.17. The lowest BCUT2D eigenvalue weighted by Crippen LogP contribution is -2.05. The summed E-state index contributed by atoms with van der Waals surface area (Å²) in [5.41, 5.74) is 1.48. The van der Waals surface area contributed by atoms with E-state index in [1.807, 2.05) is 0 Å². The zero-order valence-electron chi connectivity index (χ0n) is 12.6. The predicted octanol–water partition coefficient (Wildman–Crippen LogP) is 4.78. The number of hydrogen-bond donors (Lipinski definition) is 1. The second kappa shape index (κ2) is 6.39. The second-order valence-electron chi connectivity index (χ2n) is 5.35. The monoisotopic (exact) mass is 333 g/mol. The molecule has 1 N–H and O–H groups in total. The Morgan fingerprint density at radius 3 is 2.58 bits per heavy atom. The van der Waals surface area contributed by atoms with Gasteiger partial charge in [0, 0.05) is 23.4 Å². The van der Waals surface area contributed by atoms with Gasteiger partial charge in [-0.1, -0.05) is 24.3 Å². The van der Waals surface area contributed by atoms with Crippen LogP contribution in [0.4, 0.5) is 24.5 Å². The average Bonchev–Trinajstić information content (AvgIpc) is 2.94. The molecule has 3 rings (SSSR count). The summed E-state index contributed by atoms with van der Waals surface area (Å²) in [6, 6.07) is 12.1. The van der Waals surface area contributed by atoms with Gasteiger partial charge < -0.3 is 10.1 Å². The molecule has 1 saturated heterocycles. The highest BCUT2D eigenvalue weighted by atomic mass is 19.4. The number of alkyl halides is 3. The number of carbonyl (C=O) groups excluding carboxylic acids is 1. The molecule has 0 radical (unpaired) electrons. The fourth-order valence-corrected chi connectivity index (χ4v) is 2.43. The minimum Gasteiger partial charge on any atom is -0.462 e. The number of anilines is 2. The molecule has 1 fully saturated rings. The first-order valence-corrected chi connectivity index (χ1v) is 7.34. The number of halogens is 3. The van der Waals surface area contributed by atoms with Crippen molar-refractivity contribution < 1.29 is 22.7 Å². The summed E-state index contributed by atoms with van der Waals surface area (Å²) in [4.78, 5) is 11.6.